The molecular weight excluding hydrogens is 1000 g/mol. The van der Waals surface area contributed by atoms with Crippen LogP contribution in [0.1, 0.15) is 77.3 Å². The predicted octanol–water partition coefficient (Wildman–Crippen LogP) is -6.05. The highest BCUT2D eigenvalue weighted by Gasteiger charge is 2.37. The number of pyridine rings is 1. The van der Waals surface area contributed by atoms with E-state index in [0.29, 0.717) is 11.1 Å². The minimum absolute atomic E-state index is 0.0564. The van der Waals surface area contributed by atoms with Gasteiger partial charge in [-0.2, -0.15) is 0 Å². The van der Waals surface area contributed by atoms with E-state index in [-0.39, 0.29) is 77.0 Å². The highest BCUT2D eigenvalue weighted by Crippen LogP contribution is 2.11. The third-order valence-electron chi connectivity index (χ3n) is 12.2. The fourth-order valence-electron chi connectivity index (χ4n) is 8.09. The van der Waals surface area contributed by atoms with Crippen LogP contribution in [0.5, 0.6) is 0 Å². The van der Waals surface area contributed by atoms with Crippen LogP contribution in [0, 0.1) is 5.92 Å². The zero-order valence-corrected chi connectivity index (χ0v) is 44.1. The molecule has 27 heteroatoms. The van der Waals surface area contributed by atoms with Gasteiger partial charge in [0, 0.05) is 25.4 Å². The number of benzene rings is 1. The van der Waals surface area contributed by atoms with Gasteiger partial charge in [0.2, 0.25) is 59.1 Å². The maximum absolute atomic E-state index is 14.4. The minimum atomic E-state index is -1.67. The van der Waals surface area contributed by atoms with Gasteiger partial charge in [0.1, 0.15) is 54.4 Å². The summed E-state index contributed by atoms with van der Waals surface area (Å²) in [7, 11) is 0. The summed E-state index contributed by atoms with van der Waals surface area (Å²) in [5.74, 6) is -9.10. The highest BCUT2D eigenvalue weighted by molar-refractivity contribution is 5.99. The van der Waals surface area contributed by atoms with Crippen LogP contribution in [0.2, 0.25) is 0 Å². The van der Waals surface area contributed by atoms with Gasteiger partial charge in [-0.1, -0.05) is 50.2 Å². The number of nitrogens with two attached hydrogens (primary N) is 4. The molecule has 0 saturated carbocycles. The Balaban J connectivity index is 2.10. The molecule has 1 fully saturated rings. The molecular formula is C50H79N15O12. The van der Waals surface area contributed by atoms with Gasteiger partial charge in [-0.3, -0.25) is 52.9 Å². The Morgan fingerprint density at radius 3 is 1.66 bits per heavy atom. The van der Waals surface area contributed by atoms with Gasteiger partial charge in [-0.25, -0.2) is 0 Å². The van der Waals surface area contributed by atoms with Crippen LogP contribution in [0.25, 0.3) is 0 Å². The number of hydrogen-bond donors (Lipinski definition) is 16. The second kappa shape index (κ2) is 33.1. The molecule has 1 aliphatic rings. The van der Waals surface area contributed by atoms with Crippen molar-refractivity contribution >= 4 is 59.1 Å². The molecule has 1 aromatic heterocycles. The largest absolute Gasteiger partial charge is 0.391 e. The molecule has 2 aromatic rings. The van der Waals surface area contributed by atoms with E-state index in [0.717, 1.165) is 0 Å². The number of aliphatic hydroxyl groups is 2. The fraction of sp³-hybridized carbons (Fsp3) is 0.580. The Hall–Kier alpha value is -7.17. The van der Waals surface area contributed by atoms with Crippen LogP contribution in [-0.4, -0.2) is 174 Å². The first-order valence-electron chi connectivity index (χ1n) is 25.7. The molecule has 3 unspecified atom stereocenters. The molecule has 0 radical (unpaired) electrons. The van der Waals surface area contributed by atoms with E-state index in [1.165, 1.54) is 26.2 Å². The van der Waals surface area contributed by atoms with Crippen molar-refractivity contribution in [1.82, 2.24) is 58.2 Å². The highest BCUT2D eigenvalue weighted by atomic mass is 16.3. The van der Waals surface area contributed by atoms with Crippen molar-refractivity contribution in [2.24, 2.45) is 28.9 Å². The topological polar surface area (TPSA) is 448 Å². The Bertz CT molecular complexity index is 2280. The van der Waals surface area contributed by atoms with Crippen LogP contribution < -0.4 is 76.1 Å². The first kappa shape index (κ1) is 64.1. The van der Waals surface area contributed by atoms with Crippen molar-refractivity contribution in [3.63, 3.8) is 0 Å². The molecule has 0 spiro atoms. The predicted molar refractivity (Wildman–Crippen MR) is 281 cm³/mol. The first-order valence-corrected chi connectivity index (χ1v) is 25.7. The normalized spacial score (nSPS) is 23.2. The zero-order valence-electron chi connectivity index (χ0n) is 44.1. The van der Waals surface area contributed by atoms with Crippen molar-refractivity contribution in [2.75, 3.05) is 32.7 Å². The van der Waals surface area contributed by atoms with Gasteiger partial charge in [-0.05, 0) is 102 Å². The number of carbonyl (C=O) groups is 10. The van der Waals surface area contributed by atoms with Gasteiger partial charge in [0.25, 0.3) is 0 Å². The Kier molecular flexibility index (Phi) is 27.6. The van der Waals surface area contributed by atoms with E-state index in [2.05, 4.69) is 58.2 Å². The molecule has 77 heavy (non-hydrogen) atoms. The molecule has 0 aliphatic carbocycles. The third-order valence-corrected chi connectivity index (χ3v) is 12.2. The van der Waals surface area contributed by atoms with Gasteiger partial charge < -0.3 is 86.3 Å². The first-order chi connectivity index (χ1) is 36.6. The summed E-state index contributed by atoms with van der Waals surface area (Å²) in [6.45, 7) is 4.99. The van der Waals surface area contributed by atoms with E-state index in [1.54, 1.807) is 56.3 Å². The standard InChI is InChI=1S/C50H79N15O12/c1-27(2)23-37-47(74)59-32(12-17-51)42(69)58-35(15-20-54)46(73)65-40(28(3)66)49(76)56-22-16-36(45(72)57-33(13-18-52)44(71)63-38(48(75)62-37)24-30-9-6-5-7-10-30)60-43(70)34(14-19-53)61-50(77)41(29(4)67)64-39(68)25-31-11-8-21-55-26-31/h5-11,21,26-29,32-38,40-41,66-67H,12-20,22-25,51-54H2,1-4H3,(H,56,76)(H,57,72)(H,58,69)(H,59,74)(H,60,70)(H,61,77)(H,62,75)(H,63,71)(H,64,68)(H,65,73)/t28?,29?,32-,33-,34-,35-,36-,37-,38+,40?,41-/m0/s1. The van der Waals surface area contributed by atoms with Crippen molar-refractivity contribution in [3.05, 3.63) is 66.0 Å². The number of nitrogens with one attached hydrogen (secondary N) is 10. The van der Waals surface area contributed by atoms with Gasteiger partial charge >= 0.3 is 0 Å². The van der Waals surface area contributed by atoms with Gasteiger partial charge in [0.15, 0.2) is 0 Å². The molecule has 20 N–H and O–H groups in total. The van der Waals surface area contributed by atoms with Crippen LogP contribution in [0.15, 0.2) is 54.9 Å². The molecule has 2 heterocycles. The second-order valence-electron chi connectivity index (χ2n) is 19.2. The third kappa shape index (κ3) is 21.8. The molecule has 426 valence electrons. The Morgan fingerprint density at radius 2 is 1.14 bits per heavy atom. The Labute approximate surface area is 447 Å². The number of rotatable bonds is 21. The van der Waals surface area contributed by atoms with E-state index in [1.807, 2.05) is 0 Å². The molecule has 0 bridgehead atoms. The van der Waals surface area contributed by atoms with E-state index < -0.39 is 139 Å². The van der Waals surface area contributed by atoms with E-state index in [9.17, 15) is 58.2 Å². The summed E-state index contributed by atoms with van der Waals surface area (Å²) in [4.78, 5) is 143. The van der Waals surface area contributed by atoms with Crippen LogP contribution in [-0.2, 0) is 60.8 Å². The lowest BCUT2D eigenvalue weighted by atomic mass is 10.00. The fourth-order valence-corrected chi connectivity index (χ4v) is 8.09. The summed E-state index contributed by atoms with van der Waals surface area (Å²) in [5, 5.41) is 46.7. The average Bonchev–Trinajstić information content (AvgIpc) is 3.37. The van der Waals surface area contributed by atoms with Crippen LogP contribution in [0.4, 0.5) is 0 Å². The summed E-state index contributed by atoms with van der Waals surface area (Å²) >= 11 is 0. The number of hydrogen-bond acceptors (Lipinski definition) is 17. The summed E-state index contributed by atoms with van der Waals surface area (Å²) in [6.07, 6.45) is -1.45. The van der Waals surface area contributed by atoms with Crippen LogP contribution >= 0.6 is 0 Å². The van der Waals surface area contributed by atoms with E-state index >= 15 is 0 Å². The van der Waals surface area contributed by atoms with Crippen molar-refractivity contribution in [1.29, 1.82) is 0 Å². The van der Waals surface area contributed by atoms with Gasteiger partial charge in [0.05, 0.1) is 18.6 Å². The quantitative estimate of drug-likeness (QED) is 0.0553. The molecule has 1 aliphatic heterocycles. The average molecular weight is 1080 g/mol. The number of nitrogens with zero attached hydrogens (tertiary/aromatic N) is 1. The molecule has 1 saturated heterocycles. The minimum Gasteiger partial charge on any atom is -0.391 e. The molecule has 3 rings (SSSR count). The lowest BCUT2D eigenvalue weighted by Crippen LogP contribution is -2.61. The maximum atomic E-state index is 14.4. The summed E-state index contributed by atoms with van der Waals surface area (Å²) < 4.78 is 0. The zero-order chi connectivity index (χ0) is 57.2. The second-order valence-corrected chi connectivity index (χ2v) is 19.2. The number of aromatic nitrogens is 1. The lowest BCUT2D eigenvalue weighted by Gasteiger charge is -2.28. The maximum Gasteiger partial charge on any atom is 0.245 e. The van der Waals surface area contributed by atoms with E-state index in [4.69, 9.17) is 22.9 Å². The summed E-state index contributed by atoms with van der Waals surface area (Å²) in [6, 6.07) is -1.42. The van der Waals surface area contributed by atoms with Gasteiger partial charge in [-0.15, -0.1) is 0 Å². The van der Waals surface area contributed by atoms with Crippen molar-refractivity contribution < 1.29 is 58.2 Å². The smallest absolute Gasteiger partial charge is 0.245 e. The molecule has 10 amide bonds. The molecule has 27 nitrogen and oxygen atoms in total. The number of amides is 10. The van der Waals surface area contributed by atoms with Crippen LogP contribution in [0.3, 0.4) is 0 Å². The molecule has 1 aromatic carbocycles. The van der Waals surface area contributed by atoms with Crippen molar-refractivity contribution in [3.8, 4) is 0 Å². The Morgan fingerprint density at radius 1 is 0.623 bits per heavy atom. The number of carbonyl (C=O) groups excluding carboxylic acids is 10. The summed E-state index contributed by atoms with van der Waals surface area (Å²) in [5.41, 5.74) is 24.6. The molecule has 11 atom stereocenters. The SMILES string of the molecule is CC(C)C[C@@H]1NC(=O)[C@@H](Cc2ccccc2)NC(=O)[C@H](CCN)NC(=O)[C@@H](NC(=O)[C@H](CCN)NC(=O)[C@@H](NC(=O)Cc2cccnc2)C(C)O)CCNC(=O)C(C(C)O)NC(=O)[C@H](CCN)NC(=O)[C@H](CCN)NC1=O. The monoisotopic (exact) mass is 1080 g/mol. The number of aliphatic hydroxyl groups excluding tert-OH is 2. The van der Waals surface area contributed by atoms with Crippen molar-refractivity contribution in [2.45, 2.75) is 146 Å². The lowest BCUT2D eigenvalue weighted by molar-refractivity contribution is -0.136.